The fraction of sp³-hybridized carbons (Fsp3) is 1.00. The molecule has 2 heteroatoms. The van der Waals surface area contributed by atoms with Gasteiger partial charge in [0.15, 0.2) is 0 Å². The Morgan fingerprint density at radius 3 is 2.64 bits per heavy atom. The zero-order valence-corrected chi connectivity index (χ0v) is 7.71. The molecular weight excluding hydrogens is 136 g/mol. The second-order valence-corrected chi connectivity index (χ2v) is 4.05. The molecule has 1 fully saturated rings. The van der Waals surface area contributed by atoms with E-state index in [0.29, 0.717) is 6.04 Å². The minimum atomic E-state index is 0.480. The van der Waals surface area contributed by atoms with Crippen LogP contribution in [0.3, 0.4) is 0 Å². The lowest BCUT2D eigenvalue weighted by molar-refractivity contribution is 0.247. The molecule has 0 saturated heterocycles. The number of nitrogens with zero attached hydrogens (tertiary/aromatic N) is 1. The first kappa shape index (κ1) is 9.01. The van der Waals surface area contributed by atoms with Crippen LogP contribution in [0.15, 0.2) is 0 Å². The highest BCUT2D eigenvalue weighted by Crippen LogP contribution is 2.23. The predicted molar refractivity (Wildman–Crippen MR) is 48.5 cm³/mol. The summed E-state index contributed by atoms with van der Waals surface area (Å²) in [7, 11) is 4.28. The lowest BCUT2D eigenvalue weighted by atomic mass is 9.86. The fourth-order valence-electron chi connectivity index (χ4n) is 2.01. The Balaban J connectivity index is 2.23. The number of hydrogen-bond donors (Lipinski definition) is 1. The third kappa shape index (κ3) is 3.21. The van der Waals surface area contributed by atoms with E-state index in [2.05, 4.69) is 19.0 Å². The van der Waals surface area contributed by atoms with Gasteiger partial charge in [0.05, 0.1) is 0 Å². The molecule has 0 aromatic rings. The first-order chi connectivity index (χ1) is 5.18. The van der Waals surface area contributed by atoms with Crippen LogP contribution in [0.2, 0.25) is 0 Å². The molecule has 0 unspecified atom stereocenters. The van der Waals surface area contributed by atoms with Gasteiger partial charge in [-0.15, -0.1) is 0 Å². The molecule has 2 N–H and O–H groups in total. The minimum Gasteiger partial charge on any atom is -0.328 e. The molecule has 0 bridgehead atoms. The van der Waals surface area contributed by atoms with E-state index in [1.165, 1.54) is 32.2 Å². The third-order valence-corrected chi connectivity index (χ3v) is 2.45. The average Bonchev–Trinajstić information content (AvgIpc) is 1.85. The molecule has 0 aromatic carbocycles. The Bertz CT molecular complexity index is 110. The van der Waals surface area contributed by atoms with Crippen LogP contribution in [0, 0.1) is 5.92 Å². The van der Waals surface area contributed by atoms with E-state index in [4.69, 9.17) is 5.73 Å². The van der Waals surface area contributed by atoms with E-state index in [0.717, 1.165) is 5.92 Å². The van der Waals surface area contributed by atoms with Gasteiger partial charge in [0.25, 0.3) is 0 Å². The Morgan fingerprint density at radius 1 is 1.36 bits per heavy atom. The molecule has 1 saturated carbocycles. The quantitative estimate of drug-likeness (QED) is 0.648. The van der Waals surface area contributed by atoms with Gasteiger partial charge in [-0.1, -0.05) is 6.42 Å². The largest absolute Gasteiger partial charge is 0.328 e. The van der Waals surface area contributed by atoms with Crippen molar-refractivity contribution in [3.63, 3.8) is 0 Å². The number of rotatable bonds is 2. The van der Waals surface area contributed by atoms with Gasteiger partial charge < -0.3 is 10.6 Å². The minimum absolute atomic E-state index is 0.480. The summed E-state index contributed by atoms with van der Waals surface area (Å²) in [5.74, 6) is 0.855. The van der Waals surface area contributed by atoms with Crippen molar-refractivity contribution in [2.45, 2.75) is 31.7 Å². The van der Waals surface area contributed by atoms with Crippen molar-refractivity contribution in [2.24, 2.45) is 11.7 Å². The van der Waals surface area contributed by atoms with Crippen LogP contribution in [0.25, 0.3) is 0 Å². The van der Waals surface area contributed by atoms with Crippen LogP contribution >= 0.6 is 0 Å². The summed E-state index contributed by atoms with van der Waals surface area (Å²) >= 11 is 0. The molecule has 1 aliphatic carbocycles. The van der Waals surface area contributed by atoms with Crippen molar-refractivity contribution in [3.05, 3.63) is 0 Å². The lowest BCUT2D eigenvalue weighted by Crippen LogP contribution is -2.32. The number of nitrogens with two attached hydrogens (primary N) is 1. The number of hydrogen-bond acceptors (Lipinski definition) is 2. The Hall–Kier alpha value is -0.0800. The summed E-state index contributed by atoms with van der Waals surface area (Å²) in [6.07, 6.45) is 5.19. The van der Waals surface area contributed by atoms with Crippen molar-refractivity contribution in [1.82, 2.24) is 4.90 Å². The monoisotopic (exact) mass is 156 g/mol. The Kier molecular flexibility index (Phi) is 3.34. The van der Waals surface area contributed by atoms with Crippen molar-refractivity contribution in [3.8, 4) is 0 Å². The first-order valence-corrected chi connectivity index (χ1v) is 4.59. The van der Waals surface area contributed by atoms with Gasteiger partial charge in [-0.25, -0.2) is 0 Å². The van der Waals surface area contributed by atoms with Crippen molar-refractivity contribution in [2.75, 3.05) is 20.6 Å². The van der Waals surface area contributed by atoms with E-state index in [1.807, 2.05) is 0 Å². The summed E-state index contributed by atoms with van der Waals surface area (Å²) in [5, 5.41) is 0. The van der Waals surface area contributed by atoms with Gasteiger partial charge in [0.1, 0.15) is 0 Å². The van der Waals surface area contributed by atoms with Gasteiger partial charge in [-0.2, -0.15) is 0 Å². The average molecular weight is 156 g/mol. The zero-order chi connectivity index (χ0) is 8.27. The zero-order valence-electron chi connectivity index (χ0n) is 7.71. The fourth-order valence-corrected chi connectivity index (χ4v) is 2.01. The second kappa shape index (κ2) is 4.07. The smallest absolute Gasteiger partial charge is 0.00419 e. The van der Waals surface area contributed by atoms with E-state index in [9.17, 15) is 0 Å². The molecule has 1 aliphatic rings. The highest BCUT2D eigenvalue weighted by Gasteiger charge is 2.19. The van der Waals surface area contributed by atoms with E-state index in [1.54, 1.807) is 0 Å². The van der Waals surface area contributed by atoms with Crippen LogP contribution < -0.4 is 5.73 Å². The molecule has 0 amide bonds. The normalized spacial score (nSPS) is 32.7. The predicted octanol–water partition coefficient (Wildman–Crippen LogP) is 1.07. The molecule has 2 nitrogen and oxygen atoms in total. The Labute approximate surface area is 69.8 Å². The maximum absolute atomic E-state index is 5.88. The summed E-state index contributed by atoms with van der Waals surface area (Å²) in [4.78, 5) is 2.27. The van der Waals surface area contributed by atoms with Crippen LogP contribution in [0.5, 0.6) is 0 Å². The lowest BCUT2D eigenvalue weighted by Gasteiger charge is -2.28. The maximum atomic E-state index is 5.88. The molecule has 11 heavy (non-hydrogen) atoms. The van der Waals surface area contributed by atoms with Crippen LogP contribution in [0.4, 0.5) is 0 Å². The molecule has 0 heterocycles. The molecule has 2 atom stereocenters. The van der Waals surface area contributed by atoms with Gasteiger partial charge in [0.2, 0.25) is 0 Å². The highest BCUT2D eigenvalue weighted by molar-refractivity contribution is 4.76. The molecule has 1 rings (SSSR count). The van der Waals surface area contributed by atoms with E-state index >= 15 is 0 Å². The van der Waals surface area contributed by atoms with Gasteiger partial charge >= 0.3 is 0 Å². The third-order valence-electron chi connectivity index (χ3n) is 2.45. The Morgan fingerprint density at radius 2 is 2.09 bits per heavy atom. The van der Waals surface area contributed by atoms with Crippen molar-refractivity contribution >= 4 is 0 Å². The van der Waals surface area contributed by atoms with Crippen molar-refractivity contribution in [1.29, 1.82) is 0 Å². The summed E-state index contributed by atoms with van der Waals surface area (Å²) in [5.41, 5.74) is 5.88. The summed E-state index contributed by atoms with van der Waals surface area (Å²) in [6.45, 7) is 1.22. The molecule has 66 valence electrons. The van der Waals surface area contributed by atoms with Crippen LogP contribution in [-0.4, -0.2) is 31.6 Å². The molecule has 0 spiro atoms. The van der Waals surface area contributed by atoms with Crippen molar-refractivity contribution < 1.29 is 0 Å². The maximum Gasteiger partial charge on any atom is 0.00419 e. The second-order valence-electron chi connectivity index (χ2n) is 4.05. The molecular formula is C9H20N2. The van der Waals surface area contributed by atoms with Gasteiger partial charge in [-0.3, -0.25) is 0 Å². The van der Waals surface area contributed by atoms with Gasteiger partial charge in [0, 0.05) is 12.6 Å². The van der Waals surface area contributed by atoms with Crippen LogP contribution in [-0.2, 0) is 0 Å². The molecule has 0 radical (unpaired) electrons. The van der Waals surface area contributed by atoms with E-state index < -0.39 is 0 Å². The standard InChI is InChI=1S/C9H20N2/c1-11(2)7-8-4-3-5-9(10)6-8/h8-9H,3-7,10H2,1-2H3/t8-,9+/m1/s1. The SMILES string of the molecule is CN(C)C[C@@H]1CCC[C@H](N)C1. The first-order valence-electron chi connectivity index (χ1n) is 4.59. The summed E-state index contributed by atoms with van der Waals surface area (Å²) < 4.78 is 0. The highest BCUT2D eigenvalue weighted by atomic mass is 15.1. The van der Waals surface area contributed by atoms with Crippen LogP contribution in [0.1, 0.15) is 25.7 Å². The molecule has 0 aliphatic heterocycles. The summed E-state index contributed by atoms with van der Waals surface area (Å²) in [6, 6.07) is 0.480. The molecule has 0 aromatic heterocycles. The van der Waals surface area contributed by atoms with E-state index in [-0.39, 0.29) is 0 Å². The topological polar surface area (TPSA) is 29.3 Å². The van der Waals surface area contributed by atoms with Gasteiger partial charge in [-0.05, 0) is 39.3 Å².